The quantitative estimate of drug-likeness (QED) is 0.459. The fraction of sp³-hybridized carbons (Fsp3) is 0.621. The first-order valence-electron chi connectivity index (χ1n) is 13.3. The molecule has 0 radical (unpaired) electrons. The molecule has 3 atom stereocenters. The van der Waals surface area contributed by atoms with Crippen LogP contribution in [0.1, 0.15) is 89.7 Å². The Labute approximate surface area is 208 Å². The molecule has 0 aromatic heterocycles. The number of fused-ring (bicyclic) bond motifs is 3. The van der Waals surface area contributed by atoms with Crippen molar-refractivity contribution >= 4 is 28.3 Å². The molecule has 1 N–H and O–H groups in total. The minimum Gasteiger partial charge on any atom is -0.489 e. The highest BCUT2D eigenvalue weighted by atomic mass is 35.5. The zero-order chi connectivity index (χ0) is 23.8. The lowest BCUT2D eigenvalue weighted by atomic mass is 9.77. The summed E-state index contributed by atoms with van der Waals surface area (Å²) in [4.78, 5) is 14.3. The van der Waals surface area contributed by atoms with Crippen LogP contribution in [-0.2, 0) is 4.79 Å². The number of carbonyl (C=O) groups is 1. The number of ether oxygens (including phenoxy) is 1. The molecule has 2 unspecified atom stereocenters. The first-order chi connectivity index (χ1) is 16.4. The van der Waals surface area contributed by atoms with Crippen molar-refractivity contribution < 1.29 is 14.6 Å². The van der Waals surface area contributed by atoms with Crippen molar-refractivity contribution in [3.8, 4) is 5.75 Å². The summed E-state index contributed by atoms with van der Waals surface area (Å²) < 4.78 is 6.35. The molecule has 4 nitrogen and oxygen atoms in total. The minimum atomic E-state index is -0.624. The lowest BCUT2D eigenvalue weighted by Crippen LogP contribution is -2.53. The number of piperidine rings is 2. The summed E-state index contributed by atoms with van der Waals surface area (Å²) in [5, 5.41) is 12.5. The van der Waals surface area contributed by atoms with E-state index < -0.39 is 5.97 Å². The van der Waals surface area contributed by atoms with Crippen LogP contribution in [-0.4, -0.2) is 34.2 Å². The van der Waals surface area contributed by atoms with E-state index >= 15 is 0 Å². The first kappa shape index (κ1) is 23.9. The number of carboxylic acid groups (broad SMARTS) is 1. The standard InChI is InChI=1S/C29H38ClNO3/c1-3-19-7-11-25(12-8-19)34-27-14-10-21-15-20(9-13-26(21)28(27)30)18(2)31-23-5-4-6-24(31)17-22(16-23)29(32)33/h9-10,13-15,18-19,22-25H,3-8,11-12,16-17H2,1-2H3,(H,32,33)/t18-,19?,22?,23?,24?,25?/m1/s1. The van der Waals surface area contributed by atoms with Gasteiger partial charge in [-0.1, -0.05) is 49.6 Å². The second-order valence-corrected chi connectivity index (χ2v) is 11.3. The molecular formula is C29H38ClNO3. The Bertz CT molecular complexity index is 1020. The summed E-state index contributed by atoms with van der Waals surface area (Å²) in [5.74, 6) is 0.840. The highest BCUT2D eigenvalue weighted by Gasteiger charge is 2.42. The van der Waals surface area contributed by atoms with Crippen molar-refractivity contribution in [3.05, 3.63) is 40.9 Å². The van der Waals surface area contributed by atoms with Gasteiger partial charge in [-0.25, -0.2) is 0 Å². The van der Waals surface area contributed by atoms with E-state index in [1.807, 2.05) is 6.07 Å². The maximum atomic E-state index is 11.7. The Kier molecular flexibility index (Phi) is 7.09. The van der Waals surface area contributed by atoms with E-state index in [0.29, 0.717) is 17.1 Å². The third-order valence-electron chi connectivity index (χ3n) is 8.92. The number of benzene rings is 2. The molecule has 0 spiro atoms. The minimum absolute atomic E-state index is 0.190. The van der Waals surface area contributed by atoms with E-state index in [9.17, 15) is 9.90 Å². The van der Waals surface area contributed by atoms with Gasteiger partial charge >= 0.3 is 5.97 Å². The van der Waals surface area contributed by atoms with E-state index in [1.165, 1.54) is 31.2 Å². The van der Waals surface area contributed by atoms with Gasteiger partial charge in [0.15, 0.2) is 0 Å². The van der Waals surface area contributed by atoms with Crippen molar-refractivity contribution in [3.63, 3.8) is 0 Å². The van der Waals surface area contributed by atoms with E-state index in [1.54, 1.807) is 0 Å². The first-order valence-corrected chi connectivity index (χ1v) is 13.7. The molecule has 1 aliphatic carbocycles. The van der Waals surface area contributed by atoms with Crippen molar-refractivity contribution in [1.29, 1.82) is 0 Å². The molecule has 2 aliphatic heterocycles. The van der Waals surface area contributed by atoms with Crippen LogP contribution >= 0.6 is 11.6 Å². The van der Waals surface area contributed by atoms with E-state index in [-0.39, 0.29) is 18.1 Å². The normalized spacial score (nSPS) is 30.7. The molecule has 5 rings (SSSR count). The fourth-order valence-corrected chi connectivity index (χ4v) is 7.18. The van der Waals surface area contributed by atoms with Gasteiger partial charge in [0.05, 0.1) is 17.0 Å². The third kappa shape index (κ3) is 4.68. The molecule has 184 valence electrons. The molecule has 2 aromatic carbocycles. The monoisotopic (exact) mass is 483 g/mol. The lowest BCUT2D eigenvalue weighted by molar-refractivity contribution is -0.147. The zero-order valence-corrected chi connectivity index (χ0v) is 21.3. The topological polar surface area (TPSA) is 49.8 Å². The molecule has 5 heteroatoms. The van der Waals surface area contributed by atoms with E-state index in [4.69, 9.17) is 16.3 Å². The van der Waals surface area contributed by atoms with Crippen molar-refractivity contribution in [1.82, 2.24) is 4.90 Å². The summed E-state index contributed by atoms with van der Waals surface area (Å²) in [5.41, 5.74) is 1.28. The molecule has 3 fully saturated rings. The molecule has 0 amide bonds. The number of aliphatic carboxylic acids is 1. The van der Waals surface area contributed by atoms with Crippen LogP contribution in [0.15, 0.2) is 30.3 Å². The van der Waals surface area contributed by atoms with Crippen molar-refractivity contribution in [2.45, 2.75) is 102 Å². The number of hydrogen-bond acceptors (Lipinski definition) is 3. The van der Waals surface area contributed by atoms with E-state index in [2.05, 4.69) is 43.0 Å². The van der Waals surface area contributed by atoms with Gasteiger partial charge in [0.25, 0.3) is 0 Å². The van der Waals surface area contributed by atoms with Gasteiger partial charge in [-0.15, -0.1) is 0 Å². The second-order valence-electron chi connectivity index (χ2n) is 10.9. The SMILES string of the molecule is CCC1CCC(Oc2ccc3cc([C@@H](C)N4C5CCCC4CC(C(=O)O)C5)ccc3c2Cl)CC1. The number of carboxylic acids is 1. The zero-order valence-electron chi connectivity index (χ0n) is 20.5. The molecular weight excluding hydrogens is 446 g/mol. The molecule has 1 saturated carbocycles. The van der Waals surface area contributed by atoms with E-state index in [0.717, 1.165) is 61.0 Å². The summed E-state index contributed by atoms with van der Waals surface area (Å²) in [6.45, 7) is 4.56. The Morgan fingerprint density at radius 3 is 2.44 bits per heavy atom. The summed E-state index contributed by atoms with van der Waals surface area (Å²) in [6, 6.07) is 11.8. The van der Waals surface area contributed by atoms with Crippen LogP contribution in [0.4, 0.5) is 0 Å². The maximum Gasteiger partial charge on any atom is 0.306 e. The molecule has 2 heterocycles. The molecule has 3 aliphatic rings. The van der Waals surface area contributed by atoms with Gasteiger partial charge in [-0.05, 0) is 87.3 Å². The Morgan fingerprint density at radius 1 is 1.09 bits per heavy atom. The van der Waals surface area contributed by atoms with Gasteiger partial charge in [-0.3, -0.25) is 9.69 Å². The van der Waals surface area contributed by atoms with Gasteiger partial charge in [0.1, 0.15) is 5.75 Å². The van der Waals surface area contributed by atoms with Crippen molar-refractivity contribution in [2.24, 2.45) is 11.8 Å². The van der Waals surface area contributed by atoms with Crippen LogP contribution in [0.25, 0.3) is 10.8 Å². The maximum absolute atomic E-state index is 11.7. The smallest absolute Gasteiger partial charge is 0.306 e. The highest BCUT2D eigenvalue weighted by Crippen LogP contribution is 2.43. The van der Waals surface area contributed by atoms with Crippen molar-refractivity contribution in [2.75, 3.05) is 0 Å². The summed E-state index contributed by atoms with van der Waals surface area (Å²) in [7, 11) is 0. The predicted octanol–water partition coefficient (Wildman–Crippen LogP) is 7.62. The van der Waals surface area contributed by atoms with Crippen LogP contribution in [0.3, 0.4) is 0 Å². The Morgan fingerprint density at radius 2 is 1.79 bits per heavy atom. The summed E-state index contributed by atoms with van der Waals surface area (Å²) in [6.07, 6.45) is 11.2. The fourth-order valence-electron chi connectivity index (χ4n) is 6.90. The third-order valence-corrected chi connectivity index (χ3v) is 9.31. The Balaban J connectivity index is 1.33. The van der Waals surface area contributed by atoms with Gasteiger partial charge in [0, 0.05) is 23.5 Å². The van der Waals surface area contributed by atoms with Crippen LogP contribution < -0.4 is 4.74 Å². The molecule has 2 aromatic rings. The Hall–Kier alpha value is -1.78. The average Bonchev–Trinajstić information content (AvgIpc) is 2.84. The highest BCUT2D eigenvalue weighted by molar-refractivity contribution is 6.37. The number of rotatable bonds is 6. The largest absolute Gasteiger partial charge is 0.489 e. The predicted molar refractivity (Wildman–Crippen MR) is 138 cm³/mol. The number of hydrogen-bond donors (Lipinski definition) is 1. The lowest BCUT2D eigenvalue weighted by Gasteiger charge is -2.51. The molecule has 34 heavy (non-hydrogen) atoms. The van der Waals surface area contributed by atoms with Crippen LogP contribution in [0.2, 0.25) is 5.02 Å². The van der Waals surface area contributed by atoms with Gasteiger partial charge in [0.2, 0.25) is 0 Å². The average molecular weight is 484 g/mol. The summed E-state index contributed by atoms with van der Waals surface area (Å²) >= 11 is 6.83. The van der Waals surface area contributed by atoms with Crippen LogP contribution in [0, 0.1) is 11.8 Å². The van der Waals surface area contributed by atoms with Crippen LogP contribution in [0.5, 0.6) is 5.75 Å². The number of nitrogens with zero attached hydrogens (tertiary/aromatic N) is 1. The molecule has 2 saturated heterocycles. The number of halogens is 1. The van der Waals surface area contributed by atoms with Gasteiger partial charge in [-0.2, -0.15) is 0 Å². The molecule has 2 bridgehead atoms. The van der Waals surface area contributed by atoms with Gasteiger partial charge < -0.3 is 9.84 Å². The second kappa shape index (κ2) is 10.1.